The quantitative estimate of drug-likeness (QED) is 0.124. The molecule has 194 valence electrons. The predicted molar refractivity (Wildman–Crippen MR) is 130 cm³/mol. The summed E-state index contributed by atoms with van der Waals surface area (Å²) in [6, 6.07) is 0. The maximum absolute atomic E-state index is 12.6. The van der Waals surface area contributed by atoms with Gasteiger partial charge in [0.15, 0.2) is 0 Å². The Balaban J connectivity index is 5.54. The molecule has 0 aliphatic heterocycles. The maximum Gasteiger partial charge on any atom is 0.475 e. The summed E-state index contributed by atoms with van der Waals surface area (Å²) in [4.78, 5) is 0. The molecule has 0 unspecified atom stereocenters. The highest BCUT2D eigenvalue weighted by Crippen LogP contribution is 2.50. The summed E-state index contributed by atoms with van der Waals surface area (Å²) in [6.07, 6.45) is 6.26. The van der Waals surface area contributed by atoms with Gasteiger partial charge in [0.1, 0.15) is 0 Å². The smallest absolute Gasteiger partial charge is 0.366 e. The lowest BCUT2D eigenvalue weighted by molar-refractivity contribution is 0.124. The lowest BCUT2D eigenvalue weighted by Crippen LogP contribution is -2.12. The van der Waals surface area contributed by atoms with Crippen LogP contribution in [0, 0.1) is 0 Å². The van der Waals surface area contributed by atoms with E-state index in [1.54, 1.807) is 33.8 Å². The van der Waals surface area contributed by atoms with Crippen LogP contribution in [-0.4, -0.2) is 52.4 Å². The van der Waals surface area contributed by atoms with Gasteiger partial charge in [-0.25, -0.2) is 9.13 Å². The van der Waals surface area contributed by atoms with Crippen LogP contribution in [0.3, 0.4) is 0 Å². The molecule has 33 heavy (non-hydrogen) atoms. The molecule has 11 heteroatoms. The standard InChI is InChI=1S/C22H42O9P2/c1-8-15-25-22(16-20(9-2)18-30-32(23,26-11-4)27-12-5)17-21(10-3)19-31-33(24,28-13-6)29-14-7/h8,16-17,22H,1,9-15,18-19H2,2-7H3/b20-16+,21-17+. The molecule has 0 saturated heterocycles. The van der Waals surface area contributed by atoms with Gasteiger partial charge in [-0.3, -0.25) is 27.1 Å². The Hall–Kier alpha value is -0.600. The molecule has 0 radical (unpaired) electrons. The SMILES string of the molecule is C=CCOC(/C=C(\CC)COP(=O)(OCC)OCC)/C=C(\CC)COP(=O)(OCC)OCC. The molecule has 0 spiro atoms. The first-order valence-electron chi connectivity index (χ1n) is 11.4. The summed E-state index contributed by atoms with van der Waals surface area (Å²) < 4.78 is 62.8. The Morgan fingerprint density at radius 2 is 1.06 bits per heavy atom. The van der Waals surface area contributed by atoms with Crippen LogP contribution >= 0.6 is 15.6 Å². The molecule has 0 aliphatic rings. The van der Waals surface area contributed by atoms with Gasteiger partial charge >= 0.3 is 15.6 Å². The minimum Gasteiger partial charge on any atom is -0.366 e. The van der Waals surface area contributed by atoms with Gasteiger partial charge < -0.3 is 4.74 Å². The van der Waals surface area contributed by atoms with E-state index in [9.17, 15) is 9.13 Å². The van der Waals surface area contributed by atoms with Crippen LogP contribution in [0.2, 0.25) is 0 Å². The van der Waals surface area contributed by atoms with Gasteiger partial charge in [0.2, 0.25) is 0 Å². The van der Waals surface area contributed by atoms with Crippen LogP contribution in [0.15, 0.2) is 36.0 Å². The molecular weight excluding hydrogens is 470 g/mol. The molecule has 0 aromatic rings. The fraction of sp³-hybridized carbons (Fsp3) is 0.727. The van der Waals surface area contributed by atoms with Gasteiger partial charge in [-0.2, -0.15) is 0 Å². The average molecular weight is 513 g/mol. The van der Waals surface area contributed by atoms with E-state index in [4.69, 9.17) is 31.9 Å². The van der Waals surface area contributed by atoms with Crippen molar-refractivity contribution in [1.82, 2.24) is 0 Å². The van der Waals surface area contributed by atoms with E-state index in [1.165, 1.54) is 0 Å². The second-order valence-corrected chi connectivity index (χ2v) is 9.89. The van der Waals surface area contributed by atoms with Crippen molar-refractivity contribution in [3.05, 3.63) is 36.0 Å². The molecule has 0 aromatic carbocycles. The third kappa shape index (κ3) is 14.4. The van der Waals surface area contributed by atoms with Gasteiger partial charge in [-0.1, -0.05) is 32.1 Å². The minimum atomic E-state index is -3.62. The molecule has 0 saturated carbocycles. The third-order valence-corrected chi connectivity index (χ3v) is 7.27. The Kier molecular flexibility index (Phi) is 18.4. The molecule has 0 atom stereocenters. The van der Waals surface area contributed by atoms with Gasteiger partial charge in [-0.05, 0) is 51.7 Å². The second kappa shape index (κ2) is 18.7. The molecule has 0 amide bonds. The van der Waals surface area contributed by atoms with E-state index in [-0.39, 0.29) is 39.6 Å². The highest BCUT2D eigenvalue weighted by atomic mass is 31.2. The normalized spacial score (nSPS) is 13.7. The first-order chi connectivity index (χ1) is 15.7. The maximum atomic E-state index is 12.6. The lowest BCUT2D eigenvalue weighted by Gasteiger charge is -2.19. The Labute approximate surface area is 199 Å². The summed E-state index contributed by atoms with van der Waals surface area (Å²) in [7, 11) is -7.24. The van der Waals surface area contributed by atoms with Crippen LogP contribution in [0.25, 0.3) is 0 Å². The molecule has 9 nitrogen and oxygen atoms in total. The molecule has 0 heterocycles. The van der Waals surface area contributed by atoms with Crippen molar-refractivity contribution in [2.45, 2.75) is 60.5 Å². The molecule has 0 bridgehead atoms. The van der Waals surface area contributed by atoms with Gasteiger partial charge in [0.05, 0.1) is 52.4 Å². The van der Waals surface area contributed by atoms with Crippen LogP contribution < -0.4 is 0 Å². The van der Waals surface area contributed by atoms with Crippen molar-refractivity contribution in [1.29, 1.82) is 0 Å². The fourth-order valence-electron chi connectivity index (χ4n) is 2.50. The topological polar surface area (TPSA) is 98.8 Å². The van der Waals surface area contributed by atoms with Crippen LogP contribution in [0.1, 0.15) is 54.4 Å². The number of phosphoric acid groups is 2. The molecule has 0 rings (SSSR count). The number of hydrogen-bond acceptors (Lipinski definition) is 9. The van der Waals surface area contributed by atoms with Crippen molar-refractivity contribution < 1.29 is 41.0 Å². The zero-order valence-corrected chi connectivity index (χ0v) is 22.7. The van der Waals surface area contributed by atoms with Crippen molar-refractivity contribution in [2.75, 3.05) is 46.2 Å². The fourth-order valence-corrected chi connectivity index (χ4v) is 4.86. The summed E-state index contributed by atoms with van der Waals surface area (Å²) in [5.74, 6) is 0. The first kappa shape index (κ1) is 32.4. The van der Waals surface area contributed by atoms with Gasteiger partial charge in [0, 0.05) is 0 Å². The first-order valence-corrected chi connectivity index (χ1v) is 14.4. The minimum absolute atomic E-state index is 0.0669. The number of rotatable bonds is 21. The van der Waals surface area contributed by atoms with Crippen molar-refractivity contribution in [3.8, 4) is 0 Å². The molecule has 0 aromatic heterocycles. The number of phosphoric ester groups is 2. The predicted octanol–water partition coefficient (Wildman–Crippen LogP) is 6.63. The van der Waals surface area contributed by atoms with Gasteiger partial charge in [-0.15, -0.1) is 6.58 Å². The molecule has 0 fully saturated rings. The van der Waals surface area contributed by atoms with E-state index < -0.39 is 21.7 Å². The van der Waals surface area contributed by atoms with E-state index in [1.807, 2.05) is 26.0 Å². The summed E-state index contributed by atoms with van der Waals surface area (Å²) in [5, 5.41) is 0. The van der Waals surface area contributed by atoms with Crippen molar-refractivity contribution >= 4 is 15.6 Å². The zero-order valence-electron chi connectivity index (χ0n) is 20.9. The Morgan fingerprint density at radius 3 is 1.33 bits per heavy atom. The molecule has 0 aliphatic carbocycles. The summed E-state index contributed by atoms with van der Waals surface area (Å²) >= 11 is 0. The van der Waals surface area contributed by atoms with E-state index >= 15 is 0 Å². The van der Waals surface area contributed by atoms with Crippen LogP contribution in [0.5, 0.6) is 0 Å². The van der Waals surface area contributed by atoms with Crippen LogP contribution in [-0.2, 0) is 41.0 Å². The van der Waals surface area contributed by atoms with Gasteiger partial charge in [0.25, 0.3) is 0 Å². The highest BCUT2D eigenvalue weighted by molar-refractivity contribution is 7.48. The highest BCUT2D eigenvalue weighted by Gasteiger charge is 2.26. The zero-order chi connectivity index (χ0) is 25.2. The van der Waals surface area contributed by atoms with E-state index in [0.717, 1.165) is 11.1 Å². The van der Waals surface area contributed by atoms with Crippen molar-refractivity contribution in [2.24, 2.45) is 0 Å². The van der Waals surface area contributed by atoms with Crippen molar-refractivity contribution in [3.63, 3.8) is 0 Å². The average Bonchev–Trinajstić information content (AvgIpc) is 2.78. The summed E-state index contributed by atoms with van der Waals surface area (Å²) in [6.45, 7) is 15.8. The second-order valence-electron chi connectivity index (χ2n) is 6.56. The van der Waals surface area contributed by atoms with E-state index in [0.29, 0.717) is 19.4 Å². The summed E-state index contributed by atoms with van der Waals surface area (Å²) in [5.41, 5.74) is 1.70. The Bertz CT molecular complexity index is 619. The van der Waals surface area contributed by atoms with E-state index in [2.05, 4.69) is 6.58 Å². The monoisotopic (exact) mass is 512 g/mol. The largest absolute Gasteiger partial charge is 0.475 e. The third-order valence-electron chi connectivity index (χ3n) is 4.08. The van der Waals surface area contributed by atoms with Crippen LogP contribution in [0.4, 0.5) is 0 Å². The Morgan fingerprint density at radius 1 is 0.697 bits per heavy atom. The number of hydrogen-bond donors (Lipinski definition) is 0. The molecular formula is C22H42O9P2. The lowest BCUT2D eigenvalue weighted by atomic mass is 10.1. The molecule has 0 N–H and O–H groups in total. The number of ether oxygens (including phenoxy) is 1.